The highest BCUT2D eigenvalue weighted by molar-refractivity contribution is 5.91. The molecule has 1 saturated heterocycles. The molecule has 0 N–H and O–H groups in total. The molecule has 0 aromatic heterocycles. The van der Waals surface area contributed by atoms with Crippen LogP contribution in [0.25, 0.3) is 6.08 Å². The van der Waals surface area contributed by atoms with Crippen molar-refractivity contribution in [2.75, 3.05) is 14.2 Å². The van der Waals surface area contributed by atoms with Crippen molar-refractivity contribution in [1.29, 1.82) is 10.5 Å². The highest BCUT2D eigenvalue weighted by Crippen LogP contribution is 2.60. The smallest absolute Gasteiger partial charge is 0.177 e. The molecule has 2 heterocycles. The molecule has 33 heavy (non-hydrogen) atoms. The van der Waals surface area contributed by atoms with E-state index >= 15 is 0 Å². The molecule has 0 radical (unpaired) electrons. The van der Waals surface area contributed by atoms with Gasteiger partial charge in [0.05, 0.1) is 38.4 Å². The second-order valence-corrected chi connectivity index (χ2v) is 9.54. The lowest BCUT2D eigenvalue weighted by molar-refractivity contribution is -0.130. The zero-order valence-corrected chi connectivity index (χ0v) is 19.5. The fourth-order valence-corrected chi connectivity index (χ4v) is 5.16. The number of carbonyl (C=O) groups excluding carboxylic acids is 1. The fraction of sp³-hybridized carbons (Fsp3) is 0.370. The first-order chi connectivity index (χ1) is 15.7. The lowest BCUT2D eigenvalue weighted by Gasteiger charge is -2.36. The Morgan fingerprint density at radius 1 is 1.03 bits per heavy atom. The highest BCUT2D eigenvalue weighted by atomic mass is 16.5. The SMILES string of the molecule is COc1ccc([C@H]2[C@H](C(=O)C(C)(C)C)N3C=Cc4ccccc4[C@H]3C2(C#N)C#N)cc1OC. The molecule has 0 unspecified atom stereocenters. The fourth-order valence-electron chi connectivity index (χ4n) is 5.16. The van der Waals surface area contributed by atoms with Crippen LogP contribution in [0, 0.1) is 33.5 Å². The van der Waals surface area contributed by atoms with Gasteiger partial charge >= 0.3 is 0 Å². The maximum Gasteiger partial charge on any atom is 0.177 e. The molecule has 2 aromatic rings. The Bertz CT molecular complexity index is 1200. The van der Waals surface area contributed by atoms with Crippen molar-refractivity contribution in [3.8, 4) is 23.6 Å². The van der Waals surface area contributed by atoms with Gasteiger partial charge in [-0.05, 0) is 34.9 Å². The average Bonchev–Trinajstić information content (AvgIpc) is 3.13. The maximum absolute atomic E-state index is 13.9. The van der Waals surface area contributed by atoms with Crippen LogP contribution in [0.5, 0.6) is 11.5 Å². The molecule has 1 fully saturated rings. The lowest BCUT2D eigenvalue weighted by atomic mass is 9.66. The number of carbonyl (C=O) groups is 1. The summed E-state index contributed by atoms with van der Waals surface area (Å²) in [6.45, 7) is 5.61. The molecule has 0 saturated carbocycles. The number of rotatable bonds is 4. The van der Waals surface area contributed by atoms with Crippen molar-refractivity contribution >= 4 is 11.9 Å². The molecule has 3 atom stereocenters. The minimum absolute atomic E-state index is 0.0244. The summed E-state index contributed by atoms with van der Waals surface area (Å²) in [5, 5.41) is 21.1. The summed E-state index contributed by atoms with van der Waals surface area (Å²) in [5.41, 5.74) is 0.349. The van der Waals surface area contributed by atoms with Crippen molar-refractivity contribution in [2.45, 2.75) is 38.8 Å². The second kappa shape index (κ2) is 7.98. The second-order valence-electron chi connectivity index (χ2n) is 9.54. The maximum atomic E-state index is 13.9. The molecule has 4 rings (SSSR count). The molecule has 2 aromatic carbocycles. The normalized spacial score (nSPS) is 22.5. The van der Waals surface area contributed by atoms with Crippen molar-refractivity contribution < 1.29 is 14.3 Å². The number of fused-ring (bicyclic) bond motifs is 3. The van der Waals surface area contributed by atoms with E-state index in [2.05, 4.69) is 12.1 Å². The van der Waals surface area contributed by atoms with Gasteiger partial charge in [0.1, 0.15) is 0 Å². The predicted molar refractivity (Wildman–Crippen MR) is 124 cm³/mol. The highest BCUT2D eigenvalue weighted by Gasteiger charge is 2.64. The van der Waals surface area contributed by atoms with Crippen LogP contribution in [0.2, 0.25) is 0 Å². The van der Waals surface area contributed by atoms with Crippen LogP contribution >= 0.6 is 0 Å². The lowest BCUT2D eigenvalue weighted by Crippen LogP contribution is -2.43. The number of nitriles is 2. The third-order valence-corrected chi connectivity index (χ3v) is 6.72. The third kappa shape index (κ3) is 3.26. The van der Waals surface area contributed by atoms with Crippen LogP contribution in [0.1, 0.15) is 49.4 Å². The molecule has 168 valence electrons. The monoisotopic (exact) mass is 441 g/mol. The van der Waals surface area contributed by atoms with Crippen molar-refractivity contribution in [2.24, 2.45) is 10.8 Å². The topological polar surface area (TPSA) is 86.4 Å². The van der Waals surface area contributed by atoms with Gasteiger partial charge in [0.25, 0.3) is 0 Å². The van der Waals surface area contributed by atoms with Crippen LogP contribution in [0.4, 0.5) is 0 Å². The zero-order valence-electron chi connectivity index (χ0n) is 19.5. The molecule has 6 heteroatoms. The van der Waals surface area contributed by atoms with E-state index in [0.717, 1.165) is 11.1 Å². The third-order valence-electron chi connectivity index (χ3n) is 6.72. The first-order valence-corrected chi connectivity index (χ1v) is 10.9. The summed E-state index contributed by atoms with van der Waals surface area (Å²) in [4.78, 5) is 15.8. The quantitative estimate of drug-likeness (QED) is 0.674. The summed E-state index contributed by atoms with van der Waals surface area (Å²) in [6.07, 6.45) is 3.82. The Balaban J connectivity index is 2.02. The van der Waals surface area contributed by atoms with Gasteiger partial charge in [0.15, 0.2) is 22.7 Å². The summed E-state index contributed by atoms with van der Waals surface area (Å²) in [7, 11) is 3.09. The van der Waals surface area contributed by atoms with E-state index in [1.807, 2.05) is 68.3 Å². The van der Waals surface area contributed by atoms with Gasteiger partial charge in [-0.1, -0.05) is 51.1 Å². The van der Waals surface area contributed by atoms with E-state index in [0.29, 0.717) is 17.1 Å². The number of ether oxygens (including phenoxy) is 2. The van der Waals surface area contributed by atoms with Crippen molar-refractivity contribution in [3.63, 3.8) is 0 Å². The van der Waals surface area contributed by atoms with E-state index in [1.54, 1.807) is 19.2 Å². The number of ketones is 1. The van der Waals surface area contributed by atoms with E-state index in [4.69, 9.17) is 9.47 Å². The number of hydrogen-bond acceptors (Lipinski definition) is 6. The van der Waals surface area contributed by atoms with Crippen LogP contribution in [-0.4, -0.2) is 30.9 Å². The largest absolute Gasteiger partial charge is 0.493 e. The van der Waals surface area contributed by atoms with Gasteiger partial charge in [-0.2, -0.15) is 10.5 Å². The Morgan fingerprint density at radius 3 is 2.30 bits per heavy atom. The molecule has 0 bridgehead atoms. The van der Waals surface area contributed by atoms with Gasteiger partial charge in [0.2, 0.25) is 0 Å². The summed E-state index contributed by atoms with van der Waals surface area (Å²) < 4.78 is 10.9. The summed E-state index contributed by atoms with van der Waals surface area (Å²) >= 11 is 0. The number of methoxy groups -OCH3 is 2. The molecule has 0 aliphatic carbocycles. The minimum Gasteiger partial charge on any atom is -0.493 e. The summed E-state index contributed by atoms with van der Waals surface area (Å²) in [5.74, 6) is 0.312. The van der Waals surface area contributed by atoms with E-state index in [-0.39, 0.29) is 5.78 Å². The Morgan fingerprint density at radius 2 is 1.70 bits per heavy atom. The van der Waals surface area contributed by atoms with Gasteiger partial charge in [0, 0.05) is 17.5 Å². The molecule has 6 nitrogen and oxygen atoms in total. The summed E-state index contributed by atoms with van der Waals surface area (Å²) in [6, 6.07) is 16.5. The van der Waals surface area contributed by atoms with Crippen molar-refractivity contribution in [3.05, 3.63) is 65.4 Å². The zero-order chi connectivity index (χ0) is 24.0. The van der Waals surface area contributed by atoms with Crippen LogP contribution in [-0.2, 0) is 4.79 Å². The molecular weight excluding hydrogens is 414 g/mol. The molecule has 2 aliphatic heterocycles. The first kappa shape index (κ1) is 22.4. The van der Waals surface area contributed by atoms with E-state index in [9.17, 15) is 15.3 Å². The van der Waals surface area contributed by atoms with Gasteiger partial charge < -0.3 is 14.4 Å². The standard InChI is InChI=1S/C27H27N3O3/c1-26(2,3)25(31)23-22(18-10-11-20(32-4)21(14-18)33-5)27(15-28,16-29)24-19-9-7-6-8-17(19)12-13-30(23)24/h6-14,22-24H,1-5H3/t22-,23+,24-/m0/s1. The van der Waals surface area contributed by atoms with Crippen LogP contribution < -0.4 is 9.47 Å². The predicted octanol–water partition coefficient (Wildman–Crippen LogP) is 4.85. The molecule has 0 spiro atoms. The average molecular weight is 442 g/mol. The molecule has 2 aliphatic rings. The minimum atomic E-state index is -1.49. The van der Waals surface area contributed by atoms with Crippen LogP contribution in [0.15, 0.2) is 48.7 Å². The number of benzene rings is 2. The van der Waals surface area contributed by atoms with Crippen LogP contribution in [0.3, 0.4) is 0 Å². The number of nitrogens with zero attached hydrogens (tertiary/aromatic N) is 3. The van der Waals surface area contributed by atoms with E-state index in [1.165, 1.54) is 7.11 Å². The number of Topliss-reactive ketones (excluding diaryl/α,β-unsaturated/α-hetero) is 1. The van der Waals surface area contributed by atoms with Gasteiger partial charge in [-0.3, -0.25) is 4.79 Å². The molecule has 0 amide bonds. The first-order valence-electron chi connectivity index (χ1n) is 10.9. The van der Waals surface area contributed by atoms with Crippen molar-refractivity contribution in [1.82, 2.24) is 4.90 Å². The Hall–Kier alpha value is -3.77. The van der Waals surface area contributed by atoms with Gasteiger partial charge in [-0.25, -0.2) is 0 Å². The van der Waals surface area contributed by atoms with E-state index < -0.39 is 28.8 Å². The Kier molecular flexibility index (Phi) is 5.42. The van der Waals surface area contributed by atoms with Gasteiger partial charge in [-0.15, -0.1) is 0 Å². The number of hydrogen-bond donors (Lipinski definition) is 0. The Labute approximate surface area is 194 Å². The molecular formula is C27H27N3O3.